The maximum Gasteiger partial charge on any atom is 0.322 e. The summed E-state index contributed by atoms with van der Waals surface area (Å²) in [5.41, 5.74) is 3.47. The van der Waals surface area contributed by atoms with Gasteiger partial charge in [0, 0.05) is 11.9 Å². The van der Waals surface area contributed by atoms with Crippen molar-refractivity contribution in [1.82, 2.24) is 9.97 Å². The molecule has 2 aromatic rings. The molecule has 0 aliphatic heterocycles. The highest BCUT2D eigenvalue weighted by Gasteiger charge is 2.03. The van der Waals surface area contributed by atoms with Crippen molar-refractivity contribution >= 4 is 0 Å². The van der Waals surface area contributed by atoms with Gasteiger partial charge in [-0.1, -0.05) is 13.0 Å². The highest BCUT2D eigenvalue weighted by molar-refractivity contribution is 5.36. The minimum atomic E-state index is 0.399. The average Bonchev–Trinajstić information content (AvgIpc) is 2.32. The van der Waals surface area contributed by atoms with E-state index in [4.69, 9.17) is 4.74 Å². The van der Waals surface area contributed by atoms with Crippen molar-refractivity contribution in [1.29, 1.82) is 0 Å². The first-order valence-electron chi connectivity index (χ1n) is 5.76. The summed E-state index contributed by atoms with van der Waals surface area (Å²) in [5.74, 6) is 0.790. The topological polar surface area (TPSA) is 35.0 Å². The minimum absolute atomic E-state index is 0.399. The lowest BCUT2D eigenvalue weighted by Gasteiger charge is -2.07. The number of aryl methyl sites for hydroxylation is 3. The third-order valence-electron chi connectivity index (χ3n) is 2.68. The van der Waals surface area contributed by atoms with Crippen molar-refractivity contribution in [2.45, 2.75) is 27.2 Å². The molecule has 0 saturated heterocycles. The van der Waals surface area contributed by atoms with E-state index in [-0.39, 0.29) is 0 Å². The summed E-state index contributed by atoms with van der Waals surface area (Å²) in [7, 11) is 0. The Balaban J connectivity index is 2.24. The van der Waals surface area contributed by atoms with E-state index >= 15 is 0 Å². The van der Waals surface area contributed by atoms with Crippen LogP contribution in [-0.2, 0) is 6.42 Å². The molecule has 3 nitrogen and oxygen atoms in total. The van der Waals surface area contributed by atoms with E-state index in [1.807, 2.05) is 25.1 Å². The number of rotatable bonds is 3. The molecule has 3 heteroatoms. The molecule has 17 heavy (non-hydrogen) atoms. The zero-order chi connectivity index (χ0) is 12.3. The number of ether oxygens (including phenoxy) is 1. The van der Waals surface area contributed by atoms with Crippen LogP contribution >= 0.6 is 0 Å². The van der Waals surface area contributed by atoms with Crippen molar-refractivity contribution in [2.75, 3.05) is 0 Å². The summed E-state index contributed by atoms with van der Waals surface area (Å²) in [6.07, 6.45) is 2.70. The molecule has 2 rings (SSSR count). The van der Waals surface area contributed by atoms with Crippen LogP contribution < -0.4 is 4.74 Å². The zero-order valence-corrected chi connectivity index (χ0v) is 10.4. The molecule has 0 fully saturated rings. The third kappa shape index (κ3) is 2.81. The van der Waals surface area contributed by atoms with Crippen molar-refractivity contribution in [2.24, 2.45) is 0 Å². The van der Waals surface area contributed by atoms with Gasteiger partial charge in [0.05, 0.1) is 0 Å². The molecule has 1 aromatic carbocycles. The fourth-order valence-electron chi connectivity index (χ4n) is 1.67. The molecular weight excluding hydrogens is 212 g/mol. The molecule has 0 aliphatic rings. The summed E-state index contributed by atoms with van der Waals surface area (Å²) < 4.78 is 5.63. The monoisotopic (exact) mass is 228 g/mol. The maximum atomic E-state index is 5.63. The van der Waals surface area contributed by atoms with Gasteiger partial charge in [0.15, 0.2) is 0 Å². The van der Waals surface area contributed by atoms with Crippen molar-refractivity contribution in [3.8, 4) is 11.8 Å². The molecule has 0 spiro atoms. The van der Waals surface area contributed by atoms with Crippen LogP contribution in [0.4, 0.5) is 0 Å². The van der Waals surface area contributed by atoms with Crippen LogP contribution in [0.25, 0.3) is 0 Å². The number of hydrogen-bond donors (Lipinski definition) is 0. The van der Waals surface area contributed by atoms with Crippen LogP contribution in [0.1, 0.15) is 23.7 Å². The summed E-state index contributed by atoms with van der Waals surface area (Å²) >= 11 is 0. The van der Waals surface area contributed by atoms with E-state index in [1.54, 1.807) is 6.20 Å². The number of hydrogen-bond acceptors (Lipinski definition) is 3. The lowest BCUT2D eigenvalue weighted by molar-refractivity contribution is 0.439. The highest BCUT2D eigenvalue weighted by Crippen LogP contribution is 2.21. The van der Waals surface area contributed by atoms with Gasteiger partial charge < -0.3 is 4.74 Å². The van der Waals surface area contributed by atoms with Gasteiger partial charge in [-0.15, -0.1) is 0 Å². The molecule has 0 atom stereocenters. The SMILES string of the molecule is CCc1cc(Oc2nccc(C)n2)ccc1C. The fourth-order valence-corrected chi connectivity index (χ4v) is 1.67. The molecule has 0 saturated carbocycles. The first-order valence-corrected chi connectivity index (χ1v) is 5.76. The molecule has 0 bridgehead atoms. The predicted octanol–water partition coefficient (Wildman–Crippen LogP) is 3.45. The second-order valence-electron chi connectivity index (χ2n) is 4.02. The maximum absolute atomic E-state index is 5.63. The van der Waals surface area contributed by atoms with Crippen LogP contribution in [0.2, 0.25) is 0 Å². The van der Waals surface area contributed by atoms with Crippen LogP contribution in [0.15, 0.2) is 30.5 Å². The molecule has 0 aliphatic carbocycles. The van der Waals surface area contributed by atoms with E-state index in [0.29, 0.717) is 6.01 Å². The van der Waals surface area contributed by atoms with E-state index in [0.717, 1.165) is 17.9 Å². The Morgan fingerprint density at radius 3 is 2.71 bits per heavy atom. The first kappa shape index (κ1) is 11.6. The summed E-state index contributed by atoms with van der Waals surface area (Å²) in [6.45, 7) is 6.15. The standard InChI is InChI=1S/C14H16N2O/c1-4-12-9-13(6-5-10(12)2)17-14-15-8-7-11(3)16-14/h5-9H,4H2,1-3H3. The van der Waals surface area contributed by atoms with Crippen molar-refractivity contribution < 1.29 is 4.74 Å². The van der Waals surface area contributed by atoms with Crippen LogP contribution in [-0.4, -0.2) is 9.97 Å². The third-order valence-corrected chi connectivity index (χ3v) is 2.68. The fraction of sp³-hybridized carbons (Fsp3) is 0.286. The largest absolute Gasteiger partial charge is 0.424 e. The van der Waals surface area contributed by atoms with Gasteiger partial charge in [-0.05, 0) is 49.6 Å². The predicted molar refractivity (Wildman–Crippen MR) is 67.4 cm³/mol. The molecule has 1 aromatic heterocycles. The molecule has 0 unspecified atom stereocenters. The normalized spacial score (nSPS) is 10.3. The Morgan fingerprint density at radius 1 is 1.18 bits per heavy atom. The van der Waals surface area contributed by atoms with E-state index < -0.39 is 0 Å². The van der Waals surface area contributed by atoms with E-state index in [9.17, 15) is 0 Å². The van der Waals surface area contributed by atoms with E-state index in [1.165, 1.54) is 11.1 Å². The minimum Gasteiger partial charge on any atom is -0.424 e. The number of benzene rings is 1. The summed E-state index contributed by atoms with van der Waals surface area (Å²) in [4.78, 5) is 8.29. The zero-order valence-electron chi connectivity index (χ0n) is 10.4. The number of aromatic nitrogens is 2. The second-order valence-corrected chi connectivity index (χ2v) is 4.02. The lowest BCUT2D eigenvalue weighted by atomic mass is 10.1. The number of nitrogens with zero attached hydrogens (tertiary/aromatic N) is 2. The molecule has 0 N–H and O–H groups in total. The van der Waals surface area contributed by atoms with Gasteiger partial charge in [-0.3, -0.25) is 0 Å². The van der Waals surface area contributed by atoms with E-state index in [2.05, 4.69) is 29.9 Å². The van der Waals surface area contributed by atoms with Gasteiger partial charge in [0.1, 0.15) is 5.75 Å². The van der Waals surface area contributed by atoms with Crippen molar-refractivity contribution in [3.63, 3.8) is 0 Å². The van der Waals surface area contributed by atoms with Crippen LogP contribution in [0.3, 0.4) is 0 Å². The Morgan fingerprint density at radius 2 is 2.00 bits per heavy atom. The smallest absolute Gasteiger partial charge is 0.322 e. The summed E-state index contributed by atoms with van der Waals surface area (Å²) in [5, 5.41) is 0. The molecule has 0 radical (unpaired) electrons. The van der Waals surface area contributed by atoms with Crippen LogP contribution in [0.5, 0.6) is 11.8 Å². The molecule has 88 valence electrons. The van der Waals surface area contributed by atoms with Crippen molar-refractivity contribution in [3.05, 3.63) is 47.3 Å². The Hall–Kier alpha value is -1.90. The Kier molecular flexibility index (Phi) is 3.38. The quantitative estimate of drug-likeness (QED) is 0.807. The molecule has 1 heterocycles. The lowest BCUT2D eigenvalue weighted by Crippen LogP contribution is -1.94. The highest BCUT2D eigenvalue weighted by atomic mass is 16.5. The Labute approximate surface area is 102 Å². The summed E-state index contributed by atoms with van der Waals surface area (Å²) in [6, 6.07) is 8.29. The Bertz CT molecular complexity index is 523. The van der Waals surface area contributed by atoms with Gasteiger partial charge in [-0.2, -0.15) is 0 Å². The van der Waals surface area contributed by atoms with Gasteiger partial charge in [0.2, 0.25) is 0 Å². The molecular formula is C14H16N2O. The van der Waals surface area contributed by atoms with Crippen LogP contribution in [0, 0.1) is 13.8 Å². The first-order chi connectivity index (χ1) is 8.19. The second kappa shape index (κ2) is 4.95. The molecule has 0 amide bonds. The van der Waals surface area contributed by atoms with Gasteiger partial charge >= 0.3 is 6.01 Å². The van der Waals surface area contributed by atoms with Gasteiger partial charge in [-0.25, -0.2) is 9.97 Å². The van der Waals surface area contributed by atoms with Gasteiger partial charge in [0.25, 0.3) is 0 Å². The average molecular weight is 228 g/mol.